The molecule has 1 amide bonds. The fourth-order valence-corrected chi connectivity index (χ4v) is 2.39. The van der Waals surface area contributed by atoms with Gasteiger partial charge in [-0.25, -0.2) is 0 Å². The van der Waals surface area contributed by atoms with Gasteiger partial charge in [0, 0.05) is 26.2 Å². The molecule has 1 heterocycles. The van der Waals surface area contributed by atoms with Crippen LogP contribution in [0.2, 0.25) is 0 Å². The molecule has 88 valence electrons. The molecule has 0 aromatic rings. The van der Waals surface area contributed by atoms with Gasteiger partial charge < -0.3 is 10.2 Å². The smallest absolute Gasteiger partial charge is 0.242 e. The number of terminal acetylenes is 1. The van der Waals surface area contributed by atoms with Crippen LogP contribution in [0.3, 0.4) is 0 Å². The fourth-order valence-electron chi connectivity index (χ4n) is 2.39. The summed E-state index contributed by atoms with van der Waals surface area (Å²) in [5.41, 5.74) is -0.344. The van der Waals surface area contributed by atoms with Gasteiger partial charge in [-0.2, -0.15) is 0 Å². The van der Waals surface area contributed by atoms with Crippen LogP contribution in [0.1, 0.15) is 19.3 Å². The topological polar surface area (TPSA) is 44.4 Å². The van der Waals surface area contributed by atoms with Crippen LogP contribution >= 0.6 is 0 Å². The number of hydrogen-bond donors (Lipinski definition) is 2. The Morgan fingerprint density at radius 3 is 2.62 bits per heavy atom. The number of amides is 1. The Kier molecular flexibility index (Phi) is 3.47. The van der Waals surface area contributed by atoms with Crippen LogP contribution in [0.25, 0.3) is 0 Å². The van der Waals surface area contributed by atoms with Gasteiger partial charge in [0.2, 0.25) is 5.91 Å². The number of piperazine rings is 1. The quantitative estimate of drug-likeness (QED) is 0.635. The van der Waals surface area contributed by atoms with Crippen LogP contribution in [0.15, 0.2) is 0 Å². The summed E-state index contributed by atoms with van der Waals surface area (Å²) < 4.78 is 0. The van der Waals surface area contributed by atoms with E-state index >= 15 is 0 Å². The maximum atomic E-state index is 12.4. The molecule has 0 aromatic heterocycles. The molecule has 2 N–H and O–H groups in total. The molecule has 0 atom stereocenters. The Morgan fingerprint density at radius 2 is 2.12 bits per heavy atom. The highest BCUT2D eigenvalue weighted by molar-refractivity contribution is 5.87. The average Bonchev–Trinajstić information content (AvgIpc) is 2.29. The molecule has 4 nitrogen and oxygen atoms in total. The van der Waals surface area contributed by atoms with Crippen LogP contribution in [0.5, 0.6) is 0 Å². The van der Waals surface area contributed by atoms with E-state index in [4.69, 9.17) is 6.42 Å². The van der Waals surface area contributed by atoms with Crippen LogP contribution in [-0.2, 0) is 4.79 Å². The van der Waals surface area contributed by atoms with Crippen molar-refractivity contribution >= 4 is 5.91 Å². The molecular formula is C12H19N3O. The third-order valence-corrected chi connectivity index (χ3v) is 3.55. The highest BCUT2D eigenvalue weighted by Gasteiger charge is 2.45. The molecule has 1 aliphatic carbocycles. The lowest BCUT2D eigenvalue weighted by molar-refractivity contribution is -0.142. The van der Waals surface area contributed by atoms with Gasteiger partial charge in [0.15, 0.2) is 0 Å². The summed E-state index contributed by atoms with van der Waals surface area (Å²) in [6.07, 6.45) is 8.22. The summed E-state index contributed by atoms with van der Waals surface area (Å²) in [7, 11) is 0. The first kappa shape index (κ1) is 11.4. The van der Waals surface area contributed by atoms with Gasteiger partial charge in [0.25, 0.3) is 0 Å². The second-order valence-electron chi connectivity index (χ2n) is 4.54. The number of hydrogen-bond acceptors (Lipinski definition) is 3. The Labute approximate surface area is 96.8 Å². The number of nitrogens with one attached hydrogen (secondary N) is 2. The zero-order valence-corrected chi connectivity index (χ0v) is 9.59. The number of carbonyl (C=O) groups excluding carboxylic acids is 1. The summed E-state index contributed by atoms with van der Waals surface area (Å²) in [5, 5.41) is 6.49. The highest BCUT2D eigenvalue weighted by atomic mass is 16.2. The van der Waals surface area contributed by atoms with Crippen molar-refractivity contribution in [2.75, 3.05) is 32.7 Å². The van der Waals surface area contributed by atoms with E-state index in [2.05, 4.69) is 16.6 Å². The fraction of sp³-hybridized carbons (Fsp3) is 0.750. The lowest BCUT2D eigenvalue weighted by Crippen LogP contribution is -2.64. The Morgan fingerprint density at radius 1 is 1.44 bits per heavy atom. The van der Waals surface area contributed by atoms with Crippen molar-refractivity contribution in [3.8, 4) is 12.3 Å². The summed E-state index contributed by atoms with van der Waals surface area (Å²) in [5.74, 6) is 2.80. The lowest BCUT2D eigenvalue weighted by atomic mass is 9.75. The monoisotopic (exact) mass is 221 g/mol. The SMILES string of the molecule is C#CCNC1(C(=O)N2CCNCC2)CCC1. The third kappa shape index (κ3) is 2.06. The normalized spacial score (nSPS) is 23.3. The van der Waals surface area contributed by atoms with Crippen molar-refractivity contribution in [2.45, 2.75) is 24.8 Å². The van der Waals surface area contributed by atoms with E-state index in [0.29, 0.717) is 6.54 Å². The van der Waals surface area contributed by atoms with E-state index in [1.165, 1.54) is 0 Å². The van der Waals surface area contributed by atoms with Crippen molar-refractivity contribution in [1.82, 2.24) is 15.5 Å². The van der Waals surface area contributed by atoms with Gasteiger partial charge in [-0.05, 0) is 19.3 Å². The molecule has 0 spiro atoms. The molecule has 0 radical (unpaired) electrons. The molecule has 2 fully saturated rings. The van der Waals surface area contributed by atoms with Crippen molar-refractivity contribution in [2.24, 2.45) is 0 Å². The first-order valence-corrected chi connectivity index (χ1v) is 5.97. The van der Waals surface area contributed by atoms with Crippen molar-refractivity contribution in [1.29, 1.82) is 0 Å². The van der Waals surface area contributed by atoms with Crippen molar-refractivity contribution < 1.29 is 4.79 Å². The number of carbonyl (C=O) groups is 1. The standard InChI is InChI=1S/C12H19N3O/c1-2-6-14-12(4-3-5-12)11(16)15-9-7-13-8-10-15/h1,13-14H,3-10H2. The third-order valence-electron chi connectivity index (χ3n) is 3.55. The first-order chi connectivity index (χ1) is 7.78. The molecule has 2 aliphatic rings. The molecule has 4 heteroatoms. The summed E-state index contributed by atoms with van der Waals surface area (Å²) in [6.45, 7) is 3.92. The van der Waals surface area contributed by atoms with E-state index in [-0.39, 0.29) is 11.4 Å². The summed E-state index contributed by atoms with van der Waals surface area (Å²) in [6, 6.07) is 0. The van der Waals surface area contributed by atoms with Crippen LogP contribution in [-0.4, -0.2) is 49.1 Å². The minimum absolute atomic E-state index is 0.246. The van der Waals surface area contributed by atoms with E-state index in [9.17, 15) is 4.79 Å². The predicted octanol–water partition coefficient (Wildman–Crippen LogP) is -0.436. The molecule has 0 bridgehead atoms. The van der Waals surface area contributed by atoms with E-state index in [1.54, 1.807) is 0 Å². The molecule has 0 unspecified atom stereocenters. The minimum atomic E-state index is -0.344. The van der Waals surface area contributed by atoms with E-state index in [1.807, 2.05) is 4.90 Å². The van der Waals surface area contributed by atoms with Gasteiger partial charge >= 0.3 is 0 Å². The Hall–Kier alpha value is -1.05. The largest absolute Gasteiger partial charge is 0.339 e. The van der Waals surface area contributed by atoms with Gasteiger partial charge in [0.1, 0.15) is 0 Å². The minimum Gasteiger partial charge on any atom is -0.339 e. The zero-order chi connectivity index (χ0) is 11.4. The molecule has 1 saturated heterocycles. The average molecular weight is 221 g/mol. The molecule has 1 saturated carbocycles. The Bertz CT molecular complexity index is 298. The molecule has 0 aromatic carbocycles. The van der Waals surface area contributed by atoms with Crippen LogP contribution in [0, 0.1) is 12.3 Å². The molecular weight excluding hydrogens is 202 g/mol. The second-order valence-corrected chi connectivity index (χ2v) is 4.54. The Balaban J connectivity index is 1.97. The van der Waals surface area contributed by atoms with Gasteiger partial charge in [-0.1, -0.05) is 5.92 Å². The molecule has 16 heavy (non-hydrogen) atoms. The predicted molar refractivity (Wildman–Crippen MR) is 62.9 cm³/mol. The van der Waals surface area contributed by atoms with Gasteiger partial charge in [-0.15, -0.1) is 6.42 Å². The second kappa shape index (κ2) is 4.86. The summed E-state index contributed by atoms with van der Waals surface area (Å²) >= 11 is 0. The van der Waals surface area contributed by atoms with Crippen LogP contribution < -0.4 is 10.6 Å². The maximum Gasteiger partial charge on any atom is 0.242 e. The van der Waals surface area contributed by atoms with Crippen molar-refractivity contribution in [3.05, 3.63) is 0 Å². The van der Waals surface area contributed by atoms with Crippen LogP contribution in [0.4, 0.5) is 0 Å². The first-order valence-electron chi connectivity index (χ1n) is 5.97. The molecule has 2 rings (SSSR count). The lowest BCUT2D eigenvalue weighted by Gasteiger charge is -2.44. The number of rotatable bonds is 3. The number of nitrogens with zero attached hydrogens (tertiary/aromatic N) is 1. The summed E-state index contributed by atoms with van der Waals surface area (Å²) in [4.78, 5) is 14.3. The van der Waals surface area contributed by atoms with Gasteiger partial charge in [0.05, 0.1) is 12.1 Å². The van der Waals surface area contributed by atoms with E-state index in [0.717, 1.165) is 45.4 Å². The van der Waals surface area contributed by atoms with Gasteiger partial charge in [-0.3, -0.25) is 10.1 Å². The van der Waals surface area contributed by atoms with Crippen molar-refractivity contribution in [3.63, 3.8) is 0 Å². The van der Waals surface area contributed by atoms with E-state index < -0.39 is 0 Å². The maximum absolute atomic E-state index is 12.4. The molecule has 1 aliphatic heterocycles. The highest BCUT2D eigenvalue weighted by Crippen LogP contribution is 2.33. The zero-order valence-electron chi connectivity index (χ0n) is 9.59.